The summed E-state index contributed by atoms with van der Waals surface area (Å²) in [5, 5.41) is 11.5. The van der Waals surface area contributed by atoms with Crippen LogP contribution >= 0.6 is 0 Å². The van der Waals surface area contributed by atoms with Crippen molar-refractivity contribution in [2.24, 2.45) is 11.8 Å². The van der Waals surface area contributed by atoms with Gasteiger partial charge in [-0.25, -0.2) is 4.39 Å². The van der Waals surface area contributed by atoms with Crippen molar-refractivity contribution in [1.82, 2.24) is 0 Å². The number of hydrogen-bond donors (Lipinski definition) is 2. The molecule has 2 rings (SSSR count). The topological polar surface area (TPSA) is 66.4 Å². The molecule has 2 unspecified atom stereocenters. The maximum absolute atomic E-state index is 13.4. The lowest BCUT2D eigenvalue weighted by Crippen LogP contribution is -2.31. The summed E-state index contributed by atoms with van der Waals surface area (Å²) in [6, 6.07) is 5.95. The molecule has 1 saturated carbocycles. The summed E-state index contributed by atoms with van der Waals surface area (Å²) in [4.78, 5) is 23.0. The number of rotatable bonds is 3. The zero-order valence-electron chi connectivity index (χ0n) is 10.4. The fourth-order valence-corrected chi connectivity index (χ4v) is 2.45. The van der Waals surface area contributed by atoms with Crippen LogP contribution < -0.4 is 5.32 Å². The predicted octanol–water partition coefficient (Wildman–Crippen LogP) is 2.66. The molecule has 1 aromatic rings. The monoisotopic (exact) mass is 265 g/mol. The van der Waals surface area contributed by atoms with Gasteiger partial charge in [-0.1, -0.05) is 18.6 Å². The minimum atomic E-state index is -0.858. The Balaban J connectivity index is 2.00. The molecule has 4 nitrogen and oxygen atoms in total. The number of halogens is 1. The number of para-hydroxylation sites is 1. The largest absolute Gasteiger partial charge is 0.481 e. The quantitative estimate of drug-likeness (QED) is 0.883. The van der Waals surface area contributed by atoms with E-state index in [0.29, 0.717) is 25.7 Å². The lowest BCUT2D eigenvalue weighted by molar-refractivity contribution is -0.143. The molecule has 2 N–H and O–H groups in total. The average molecular weight is 265 g/mol. The molecule has 1 amide bonds. The summed E-state index contributed by atoms with van der Waals surface area (Å²) in [5.74, 6) is -2.46. The van der Waals surface area contributed by atoms with E-state index in [1.165, 1.54) is 12.1 Å². The van der Waals surface area contributed by atoms with Gasteiger partial charge in [0, 0.05) is 5.92 Å². The van der Waals surface area contributed by atoms with Gasteiger partial charge >= 0.3 is 5.97 Å². The van der Waals surface area contributed by atoms with Gasteiger partial charge in [-0.15, -0.1) is 0 Å². The van der Waals surface area contributed by atoms with Crippen LogP contribution in [0.1, 0.15) is 25.7 Å². The first-order chi connectivity index (χ1) is 9.08. The van der Waals surface area contributed by atoms with Gasteiger partial charge in [0.15, 0.2) is 0 Å². The summed E-state index contributed by atoms with van der Waals surface area (Å²) in [7, 11) is 0. The highest BCUT2D eigenvalue weighted by Gasteiger charge is 2.31. The summed E-state index contributed by atoms with van der Waals surface area (Å²) in [6.07, 6.45) is 2.31. The van der Waals surface area contributed by atoms with Crippen LogP contribution in [0.15, 0.2) is 24.3 Å². The van der Waals surface area contributed by atoms with E-state index in [4.69, 9.17) is 5.11 Å². The number of nitrogens with one attached hydrogen (secondary N) is 1. The first kappa shape index (κ1) is 13.5. The summed E-state index contributed by atoms with van der Waals surface area (Å²) < 4.78 is 13.4. The van der Waals surface area contributed by atoms with Gasteiger partial charge in [0.2, 0.25) is 5.91 Å². The third-order valence-electron chi connectivity index (χ3n) is 3.53. The molecule has 0 aliphatic heterocycles. The zero-order valence-corrected chi connectivity index (χ0v) is 10.4. The molecule has 1 aliphatic rings. The highest BCUT2D eigenvalue weighted by Crippen LogP contribution is 2.30. The molecule has 19 heavy (non-hydrogen) atoms. The first-order valence-electron chi connectivity index (χ1n) is 6.36. The van der Waals surface area contributed by atoms with Crippen LogP contribution in [0.3, 0.4) is 0 Å². The second-order valence-electron chi connectivity index (χ2n) is 4.87. The number of carbonyl (C=O) groups excluding carboxylic acids is 1. The first-order valence-corrected chi connectivity index (χ1v) is 6.36. The maximum Gasteiger partial charge on any atom is 0.306 e. The Labute approximate surface area is 110 Å². The van der Waals surface area contributed by atoms with E-state index in [1.807, 2.05) is 0 Å². The Kier molecular flexibility index (Phi) is 4.14. The molecule has 0 aromatic heterocycles. The van der Waals surface area contributed by atoms with Crippen molar-refractivity contribution < 1.29 is 19.1 Å². The number of aliphatic carboxylic acids is 1. The number of carboxylic acids is 1. The van der Waals surface area contributed by atoms with Gasteiger partial charge in [-0.05, 0) is 31.4 Å². The Morgan fingerprint density at radius 2 is 1.89 bits per heavy atom. The predicted molar refractivity (Wildman–Crippen MR) is 68.1 cm³/mol. The Morgan fingerprint density at radius 1 is 1.21 bits per heavy atom. The number of carbonyl (C=O) groups is 2. The smallest absolute Gasteiger partial charge is 0.306 e. The minimum absolute atomic E-state index is 0.143. The van der Waals surface area contributed by atoms with E-state index in [0.717, 1.165) is 0 Å². The van der Waals surface area contributed by atoms with E-state index in [2.05, 4.69) is 5.32 Å². The molecule has 1 fully saturated rings. The molecule has 1 aromatic carbocycles. The average Bonchev–Trinajstić information content (AvgIpc) is 2.41. The van der Waals surface area contributed by atoms with E-state index >= 15 is 0 Å². The number of hydrogen-bond acceptors (Lipinski definition) is 2. The van der Waals surface area contributed by atoms with Crippen molar-refractivity contribution in [1.29, 1.82) is 0 Å². The van der Waals surface area contributed by atoms with Crippen LogP contribution in [0.25, 0.3) is 0 Å². The van der Waals surface area contributed by atoms with Crippen LogP contribution in [-0.2, 0) is 9.59 Å². The molecule has 5 heteroatoms. The van der Waals surface area contributed by atoms with E-state index in [1.54, 1.807) is 12.1 Å². The van der Waals surface area contributed by atoms with Crippen molar-refractivity contribution >= 4 is 17.6 Å². The van der Waals surface area contributed by atoms with Crippen molar-refractivity contribution in [3.05, 3.63) is 30.1 Å². The lowest BCUT2D eigenvalue weighted by Gasteiger charge is -2.25. The van der Waals surface area contributed by atoms with Gasteiger partial charge in [-0.2, -0.15) is 0 Å². The molecular weight excluding hydrogens is 249 g/mol. The van der Waals surface area contributed by atoms with E-state index in [-0.39, 0.29) is 17.5 Å². The van der Waals surface area contributed by atoms with Gasteiger partial charge in [0.25, 0.3) is 0 Å². The Morgan fingerprint density at radius 3 is 2.58 bits per heavy atom. The third-order valence-corrected chi connectivity index (χ3v) is 3.53. The summed E-state index contributed by atoms with van der Waals surface area (Å²) in [6.45, 7) is 0. The minimum Gasteiger partial charge on any atom is -0.481 e. The molecule has 0 bridgehead atoms. The fourth-order valence-electron chi connectivity index (χ4n) is 2.45. The lowest BCUT2D eigenvalue weighted by atomic mass is 9.81. The van der Waals surface area contributed by atoms with Crippen molar-refractivity contribution in [2.75, 3.05) is 5.32 Å². The molecule has 0 radical (unpaired) electrons. The maximum atomic E-state index is 13.4. The SMILES string of the molecule is O=C(O)C1CCCC(C(=O)Nc2ccccc2F)C1. The Hall–Kier alpha value is -1.91. The van der Waals surface area contributed by atoms with Crippen LogP contribution in [0, 0.1) is 17.7 Å². The fraction of sp³-hybridized carbons (Fsp3) is 0.429. The molecule has 1 aliphatic carbocycles. The number of benzene rings is 1. The van der Waals surface area contributed by atoms with E-state index < -0.39 is 17.7 Å². The molecule has 2 atom stereocenters. The number of amides is 1. The van der Waals surface area contributed by atoms with Gasteiger partial charge in [0.05, 0.1) is 11.6 Å². The van der Waals surface area contributed by atoms with Gasteiger partial charge < -0.3 is 10.4 Å². The summed E-state index contributed by atoms with van der Waals surface area (Å²) in [5.41, 5.74) is 0.143. The normalized spacial score (nSPS) is 22.8. The zero-order chi connectivity index (χ0) is 13.8. The van der Waals surface area contributed by atoms with Crippen LogP contribution in [-0.4, -0.2) is 17.0 Å². The third kappa shape index (κ3) is 3.30. The number of anilines is 1. The van der Waals surface area contributed by atoms with Crippen LogP contribution in [0.2, 0.25) is 0 Å². The standard InChI is InChI=1S/C14H16FNO3/c15-11-6-1-2-7-12(11)16-13(17)9-4-3-5-10(8-9)14(18)19/h1-2,6-7,9-10H,3-5,8H2,(H,16,17)(H,18,19). The van der Waals surface area contributed by atoms with Crippen molar-refractivity contribution in [3.63, 3.8) is 0 Å². The number of carboxylic acid groups (broad SMARTS) is 1. The molecular formula is C14H16FNO3. The molecule has 0 heterocycles. The van der Waals surface area contributed by atoms with Crippen LogP contribution in [0.5, 0.6) is 0 Å². The molecule has 0 spiro atoms. The van der Waals surface area contributed by atoms with Crippen LogP contribution in [0.4, 0.5) is 10.1 Å². The van der Waals surface area contributed by atoms with E-state index in [9.17, 15) is 14.0 Å². The van der Waals surface area contributed by atoms with Gasteiger partial charge in [0.1, 0.15) is 5.82 Å². The van der Waals surface area contributed by atoms with Gasteiger partial charge in [-0.3, -0.25) is 9.59 Å². The highest BCUT2D eigenvalue weighted by atomic mass is 19.1. The Bertz CT molecular complexity index is 489. The molecule has 102 valence electrons. The summed E-state index contributed by atoms with van der Waals surface area (Å²) >= 11 is 0. The van der Waals surface area contributed by atoms with Crippen molar-refractivity contribution in [3.8, 4) is 0 Å². The highest BCUT2D eigenvalue weighted by molar-refractivity contribution is 5.93. The second kappa shape index (κ2) is 5.82. The second-order valence-corrected chi connectivity index (χ2v) is 4.87. The molecule has 0 saturated heterocycles. The van der Waals surface area contributed by atoms with Crippen molar-refractivity contribution in [2.45, 2.75) is 25.7 Å².